The van der Waals surface area contributed by atoms with Crippen LogP contribution in [0.3, 0.4) is 0 Å². The minimum atomic E-state index is 1.03. The van der Waals surface area contributed by atoms with Crippen molar-refractivity contribution in [2.75, 3.05) is 0 Å². The van der Waals surface area contributed by atoms with E-state index in [0.717, 1.165) is 11.3 Å². The molecule has 0 amide bonds. The Hall–Kier alpha value is -1.61. The number of aryl methyl sites for hydroxylation is 1. The fourth-order valence-electron chi connectivity index (χ4n) is 1.68. The van der Waals surface area contributed by atoms with E-state index in [0.29, 0.717) is 0 Å². The van der Waals surface area contributed by atoms with E-state index in [9.17, 15) is 0 Å². The van der Waals surface area contributed by atoms with E-state index >= 15 is 0 Å². The summed E-state index contributed by atoms with van der Waals surface area (Å²) in [7, 11) is 0. The molecule has 0 aliphatic rings. The van der Waals surface area contributed by atoms with Crippen molar-refractivity contribution in [1.82, 2.24) is 9.38 Å². The van der Waals surface area contributed by atoms with Crippen LogP contribution < -0.4 is 0 Å². The van der Waals surface area contributed by atoms with Crippen molar-refractivity contribution in [2.24, 2.45) is 0 Å². The van der Waals surface area contributed by atoms with E-state index in [1.165, 1.54) is 10.4 Å². The zero-order valence-electron chi connectivity index (χ0n) is 8.34. The Bertz CT molecular complexity index is 593. The summed E-state index contributed by atoms with van der Waals surface area (Å²) in [5.74, 6) is 1.03. The first kappa shape index (κ1) is 8.68. The van der Waals surface area contributed by atoms with Gasteiger partial charge in [-0.05, 0) is 30.0 Å². The van der Waals surface area contributed by atoms with E-state index in [2.05, 4.69) is 52.2 Å². The first-order valence-electron chi connectivity index (χ1n) is 4.82. The lowest BCUT2D eigenvalue weighted by Crippen LogP contribution is -1.88. The Morgan fingerprint density at radius 2 is 2.20 bits per heavy atom. The Morgan fingerprint density at radius 1 is 1.27 bits per heavy atom. The molecule has 3 rings (SSSR count). The van der Waals surface area contributed by atoms with Gasteiger partial charge in [-0.2, -0.15) is 0 Å². The molecule has 0 radical (unpaired) electrons. The molecule has 0 saturated carbocycles. The van der Waals surface area contributed by atoms with Crippen LogP contribution in [0.2, 0.25) is 0 Å². The highest BCUT2D eigenvalue weighted by Crippen LogP contribution is 2.24. The summed E-state index contributed by atoms with van der Waals surface area (Å²) in [5.41, 5.74) is 2.39. The molecular formula is C12H10N2S. The van der Waals surface area contributed by atoms with Gasteiger partial charge in [0.25, 0.3) is 0 Å². The number of hydrogen-bond acceptors (Lipinski definition) is 2. The third kappa shape index (κ3) is 1.36. The smallest absolute Gasteiger partial charge is 0.154 e. The monoisotopic (exact) mass is 214 g/mol. The summed E-state index contributed by atoms with van der Waals surface area (Å²) >= 11 is 1.72. The van der Waals surface area contributed by atoms with E-state index in [-0.39, 0.29) is 0 Å². The summed E-state index contributed by atoms with van der Waals surface area (Å²) in [4.78, 5) is 5.66. The molecule has 0 aromatic carbocycles. The van der Waals surface area contributed by atoms with E-state index in [1.807, 2.05) is 6.20 Å². The van der Waals surface area contributed by atoms with Gasteiger partial charge in [-0.25, -0.2) is 4.98 Å². The first-order valence-corrected chi connectivity index (χ1v) is 5.70. The Kier molecular flexibility index (Phi) is 1.86. The highest BCUT2D eigenvalue weighted by atomic mass is 32.1. The molecule has 0 aliphatic carbocycles. The molecule has 3 aromatic heterocycles. The van der Waals surface area contributed by atoms with Crippen LogP contribution in [0.25, 0.3) is 16.2 Å². The first-order chi connectivity index (χ1) is 7.34. The maximum Gasteiger partial charge on any atom is 0.154 e. The number of fused-ring (bicyclic) bond motifs is 1. The van der Waals surface area contributed by atoms with Gasteiger partial charge in [-0.15, -0.1) is 11.3 Å². The standard InChI is InChI=1S/C12H10N2S/c1-9-4-5-10-7-13-12(14(10)8-9)11-3-2-6-15-11/h2-8H,1H3. The van der Waals surface area contributed by atoms with Gasteiger partial charge in [-0.3, -0.25) is 4.40 Å². The molecule has 2 nitrogen and oxygen atoms in total. The van der Waals surface area contributed by atoms with Crippen LogP contribution in [0, 0.1) is 6.92 Å². The van der Waals surface area contributed by atoms with Crippen LogP contribution in [-0.4, -0.2) is 9.38 Å². The number of thiophene rings is 1. The molecule has 0 bridgehead atoms. The number of pyridine rings is 1. The van der Waals surface area contributed by atoms with Crippen LogP contribution in [0.4, 0.5) is 0 Å². The molecule has 3 aromatic rings. The molecule has 0 fully saturated rings. The lowest BCUT2D eigenvalue weighted by atomic mass is 10.3. The number of nitrogens with zero attached hydrogens (tertiary/aromatic N) is 2. The summed E-state index contributed by atoms with van der Waals surface area (Å²) < 4.78 is 2.14. The van der Waals surface area contributed by atoms with Gasteiger partial charge in [0.05, 0.1) is 16.6 Å². The number of imidazole rings is 1. The Labute approximate surface area is 91.8 Å². The molecule has 74 valence electrons. The van der Waals surface area contributed by atoms with Crippen LogP contribution in [0.15, 0.2) is 42.0 Å². The summed E-state index contributed by atoms with van der Waals surface area (Å²) in [6.45, 7) is 2.09. The average molecular weight is 214 g/mol. The maximum atomic E-state index is 4.45. The second-order valence-electron chi connectivity index (χ2n) is 3.56. The lowest BCUT2D eigenvalue weighted by Gasteiger charge is -1.99. The topological polar surface area (TPSA) is 17.3 Å². The average Bonchev–Trinajstić information content (AvgIpc) is 2.83. The number of aromatic nitrogens is 2. The number of rotatable bonds is 1. The van der Waals surface area contributed by atoms with E-state index in [1.54, 1.807) is 11.3 Å². The van der Waals surface area contributed by atoms with E-state index < -0.39 is 0 Å². The predicted molar refractivity (Wildman–Crippen MR) is 63.2 cm³/mol. The highest BCUT2D eigenvalue weighted by molar-refractivity contribution is 7.13. The van der Waals surface area contributed by atoms with Gasteiger partial charge in [0.2, 0.25) is 0 Å². The van der Waals surface area contributed by atoms with Gasteiger partial charge >= 0.3 is 0 Å². The second kappa shape index (κ2) is 3.21. The van der Waals surface area contributed by atoms with Crippen molar-refractivity contribution in [1.29, 1.82) is 0 Å². The van der Waals surface area contributed by atoms with Gasteiger partial charge in [0, 0.05) is 6.20 Å². The Morgan fingerprint density at radius 3 is 3.00 bits per heavy atom. The zero-order valence-corrected chi connectivity index (χ0v) is 9.16. The zero-order chi connectivity index (χ0) is 10.3. The molecule has 15 heavy (non-hydrogen) atoms. The molecule has 0 spiro atoms. The largest absolute Gasteiger partial charge is 0.299 e. The van der Waals surface area contributed by atoms with Crippen molar-refractivity contribution in [3.63, 3.8) is 0 Å². The van der Waals surface area contributed by atoms with Crippen molar-refractivity contribution in [3.8, 4) is 10.7 Å². The van der Waals surface area contributed by atoms with Gasteiger partial charge in [0.1, 0.15) is 0 Å². The van der Waals surface area contributed by atoms with Crippen LogP contribution in [0.5, 0.6) is 0 Å². The lowest BCUT2D eigenvalue weighted by molar-refractivity contribution is 1.15. The molecule has 0 N–H and O–H groups in total. The minimum Gasteiger partial charge on any atom is -0.299 e. The van der Waals surface area contributed by atoms with E-state index in [4.69, 9.17) is 0 Å². The molecule has 3 heteroatoms. The molecule has 0 aliphatic heterocycles. The van der Waals surface area contributed by atoms with Crippen molar-refractivity contribution >= 4 is 16.9 Å². The molecule has 0 unspecified atom stereocenters. The molecule has 3 heterocycles. The SMILES string of the molecule is Cc1ccc2cnc(-c3cccs3)n2c1. The Balaban J connectivity index is 2.32. The minimum absolute atomic E-state index is 1.03. The fourth-order valence-corrected chi connectivity index (χ4v) is 2.40. The maximum absolute atomic E-state index is 4.45. The normalized spacial score (nSPS) is 11.0. The highest BCUT2D eigenvalue weighted by Gasteiger charge is 2.06. The third-order valence-electron chi connectivity index (χ3n) is 2.42. The van der Waals surface area contributed by atoms with Crippen molar-refractivity contribution < 1.29 is 0 Å². The van der Waals surface area contributed by atoms with Crippen molar-refractivity contribution in [3.05, 3.63) is 47.6 Å². The fraction of sp³-hybridized carbons (Fsp3) is 0.0833. The number of hydrogen-bond donors (Lipinski definition) is 0. The van der Waals surface area contributed by atoms with Gasteiger partial charge in [0.15, 0.2) is 5.82 Å². The molecular weight excluding hydrogens is 204 g/mol. The molecule has 0 saturated heterocycles. The van der Waals surface area contributed by atoms with Gasteiger partial charge < -0.3 is 0 Å². The van der Waals surface area contributed by atoms with Gasteiger partial charge in [-0.1, -0.05) is 12.1 Å². The summed E-state index contributed by atoms with van der Waals surface area (Å²) in [5, 5.41) is 2.08. The van der Waals surface area contributed by atoms with Crippen molar-refractivity contribution in [2.45, 2.75) is 6.92 Å². The van der Waals surface area contributed by atoms with Crippen LogP contribution in [-0.2, 0) is 0 Å². The third-order valence-corrected chi connectivity index (χ3v) is 3.28. The second-order valence-corrected chi connectivity index (χ2v) is 4.51. The van der Waals surface area contributed by atoms with Crippen LogP contribution in [0.1, 0.15) is 5.56 Å². The quantitative estimate of drug-likeness (QED) is 0.607. The molecule has 0 atom stereocenters. The van der Waals surface area contributed by atoms with Crippen LogP contribution >= 0.6 is 11.3 Å². The predicted octanol–water partition coefficient (Wildman–Crippen LogP) is 3.37. The summed E-state index contributed by atoms with van der Waals surface area (Å²) in [6.07, 6.45) is 4.03. The summed E-state index contributed by atoms with van der Waals surface area (Å²) in [6, 6.07) is 8.35.